The number of hydrogen-bond acceptors (Lipinski definition) is 3. The Morgan fingerprint density at radius 2 is 1.27 bits per heavy atom. The van der Waals surface area contributed by atoms with Crippen LogP contribution in [0.2, 0.25) is 0 Å². The zero-order valence-corrected chi connectivity index (χ0v) is 19.9. The number of unbranched alkanes of at least 4 members (excludes halogenated alkanes) is 9. The van der Waals surface area contributed by atoms with Crippen LogP contribution in [0.15, 0.2) is 67.0 Å². The standard InChI is InChI=1S/C30H36N2O/c1-2-3-4-5-6-7-8-9-10-13-24-33-28-20-17-26(18-21-28)15-16-27-19-22-30(32-25-27)29-14-11-12-23-31-29/h11-12,14,17-23,25H,2-10,13,24H2,1H3. The molecule has 0 saturated carbocycles. The topological polar surface area (TPSA) is 35.0 Å². The SMILES string of the molecule is CCCCCCCCCCCCOc1ccc(C#Cc2ccc(-c3ccccn3)nc2)cc1. The molecule has 0 atom stereocenters. The van der Waals surface area contributed by atoms with Crippen LogP contribution >= 0.6 is 0 Å². The third-order valence-corrected chi connectivity index (χ3v) is 5.66. The van der Waals surface area contributed by atoms with Crippen LogP contribution in [-0.2, 0) is 0 Å². The van der Waals surface area contributed by atoms with Crippen LogP contribution in [0.1, 0.15) is 82.3 Å². The van der Waals surface area contributed by atoms with E-state index in [1.54, 1.807) is 12.4 Å². The molecule has 0 N–H and O–H groups in total. The second kappa shape index (κ2) is 14.9. The third-order valence-electron chi connectivity index (χ3n) is 5.66. The van der Waals surface area contributed by atoms with Gasteiger partial charge in [0, 0.05) is 23.5 Å². The highest BCUT2D eigenvalue weighted by atomic mass is 16.5. The maximum atomic E-state index is 5.89. The van der Waals surface area contributed by atoms with Crippen molar-refractivity contribution in [1.82, 2.24) is 9.97 Å². The molecule has 1 aromatic carbocycles. The molecule has 0 saturated heterocycles. The molecule has 0 aliphatic carbocycles. The zero-order chi connectivity index (χ0) is 23.0. The minimum absolute atomic E-state index is 0.788. The first kappa shape index (κ1) is 24.5. The van der Waals surface area contributed by atoms with Gasteiger partial charge in [-0.15, -0.1) is 0 Å². The number of hydrogen-bond donors (Lipinski definition) is 0. The maximum Gasteiger partial charge on any atom is 0.119 e. The molecule has 0 spiro atoms. The Kier molecular flexibility index (Phi) is 11.0. The van der Waals surface area contributed by atoms with Gasteiger partial charge in [0.2, 0.25) is 0 Å². The predicted octanol–water partition coefficient (Wildman–Crippen LogP) is 7.84. The molecule has 0 aliphatic heterocycles. The summed E-state index contributed by atoms with van der Waals surface area (Å²) in [4.78, 5) is 8.79. The van der Waals surface area contributed by atoms with Gasteiger partial charge in [0.1, 0.15) is 5.75 Å². The van der Waals surface area contributed by atoms with E-state index in [-0.39, 0.29) is 0 Å². The first-order valence-electron chi connectivity index (χ1n) is 12.5. The van der Waals surface area contributed by atoms with Gasteiger partial charge in [0.05, 0.1) is 18.0 Å². The Hall–Kier alpha value is -3.12. The van der Waals surface area contributed by atoms with Crippen molar-refractivity contribution in [3.05, 3.63) is 78.1 Å². The van der Waals surface area contributed by atoms with Gasteiger partial charge in [-0.25, -0.2) is 0 Å². The van der Waals surface area contributed by atoms with Gasteiger partial charge in [-0.1, -0.05) is 82.6 Å². The van der Waals surface area contributed by atoms with E-state index in [9.17, 15) is 0 Å². The van der Waals surface area contributed by atoms with Gasteiger partial charge in [-0.05, 0) is 55.0 Å². The van der Waals surface area contributed by atoms with Crippen LogP contribution in [0.5, 0.6) is 5.75 Å². The highest BCUT2D eigenvalue weighted by molar-refractivity contribution is 5.55. The molecular formula is C30H36N2O. The molecule has 2 heterocycles. The fraction of sp³-hybridized carbons (Fsp3) is 0.400. The second-order valence-electron chi connectivity index (χ2n) is 8.45. The quantitative estimate of drug-likeness (QED) is 0.200. The lowest BCUT2D eigenvalue weighted by molar-refractivity contribution is 0.304. The summed E-state index contributed by atoms with van der Waals surface area (Å²) in [7, 11) is 0. The van der Waals surface area contributed by atoms with E-state index in [4.69, 9.17) is 4.74 Å². The number of ether oxygens (including phenoxy) is 1. The van der Waals surface area contributed by atoms with E-state index in [2.05, 4.69) is 28.7 Å². The molecule has 172 valence electrons. The highest BCUT2D eigenvalue weighted by Gasteiger charge is 1.99. The van der Waals surface area contributed by atoms with Crippen LogP contribution < -0.4 is 4.74 Å². The van der Waals surface area contributed by atoms with E-state index in [1.165, 1.54) is 57.8 Å². The average Bonchev–Trinajstić information content (AvgIpc) is 2.87. The predicted molar refractivity (Wildman–Crippen MR) is 137 cm³/mol. The van der Waals surface area contributed by atoms with Crippen molar-refractivity contribution in [2.45, 2.75) is 71.1 Å². The molecule has 2 aromatic heterocycles. The maximum absolute atomic E-state index is 5.89. The van der Waals surface area contributed by atoms with Gasteiger partial charge >= 0.3 is 0 Å². The van der Waals surface area contributed by atoms with Gasteiger partial charge in [-0.3, -0.25) is 9.97 Å². The summed E-state index contributed by atoms with van der Waals surface area (Å²) in [5.41, 5.74) is 3.57. The smallest absolute Gasteiger partial charge is 0.119 e. The monoisotopic (exact) mass is 440 g/mol. The van der Waals surface area contributed by atoms with Crippen LogP contribution in [0, 0.1) is 11.8 Å². The molecule has 3 aromatic rings. The summed E-state index contributed by atoms with van der Waals surface area (Å²) in [6.45, 7) is 3.06. The van der Waals surface area contributed by atoms with Crippen molar-refractivity contribution >= 4 is 0 Å². The van der Waals surface area contributed by atoms with E-state index < -0.39 is 0 Å². The summed E-state index contributed by atoms with van der Waals surface area (Å²) in [6.07, 6.45) is 17.0. The minimum atomic E-state index is 0.788. The Labute approximate surface area is 199 Å². The van der Waals surface area contributed by atoms with Crippen LogP contribution in [0.25, 0.3) is 11.4 Å². The Bertz CT molecular complexity index is 970. The Morgan fingerprint density at radius 1 is 0.636 bits per heavy atom. The van der Waals surface area contributed by atoms with Crippen molar-refractivity contribution in [2.75, 3.05) is 6.61 Å². The molecule has 0 bridgehead atoms. The van der Waals surface area contributed by atoms with Gasteiger partial charge < -0.3 is 4.74 Å². The largest absolute Gasteiger partial charge is 0.494 e. The molecule has 0 amide bonds. The van der Waals surface area contributed by atoms with Crippen LogP contribution in [0.4, 0.5) is 0 Å². The van der Waals surface area contributed by atoms with Crippen molar-refractivity contribution < 1.29 is 4.74 Å². The molecule has 33 heavy (non-hydrogen) atoms. The lowest BCUT2D eigenvalue weighted by Crippen LogP contribution is -1.97. The Balaban J connectivity index is 1.33. The first-order valence-corrected chi connectivity index (χ1v) is 12.5. The normalized spacial score (nSPS) is 10.5. The molecule has 0 aliphatic rings. The number of benzene rings is 1. The lowest BCUT2D eigenvalue weighted by atomic mass is 10.1. The second-order valence-corrected chi connectivity index (χ2v) is 8.45. The molecule has 0 fully saturated rings. The highest BCUT2D eigenvalue weighted by Crippen LogP contribution is 2.15. The Morgan fingerprint density at radius 3 is 1.91 bits per heavy atom. The van der Waals surface area contributed by atoms with Crippen LogP contribution in [-0.4, -0.2) is 16.6 Å². The van der Waals surface area contributed by atoms with E-state index in [0.717, 1.165) is 41.3 Å². The lowest BCUT2D eigenvalue weighted by Gasteiger charge is -2.06. The van der Waals surface area contributed by atoms with Crippen molar-refractivity contribution in [3.8, 4) is 29.0 Å². The molecule has 3 rings (SSSR count). The number of rotatable bonds is 13. The summed E-state index contributed by atoms with van der Waals surface area (Å²) in [5, 5.41) is 0. The van der Waals surface area contributed by atoms with Gasteiger partial charge in [0.15, 0.2) is 0 Å². The van der Waals surface area contributed by atoms with Crippen molar-refractivity contribution in [1.29, 1.82) is 0 Å². The molecule has 0 unspecified atom stereocenters. The van der Waals surface area contributed by atoms with Crippen molar-refractivity contribution in [2.24, 2.45) is 0 Å². The summed E-state index contributed by atoms with van der Waals surface area (Å²) in [5.74, 6) is 7.29. The third kappa shape index (κ3) is 9.49. The van der Waals surface area contributed by atoms with E-state index in [1.807, 2.05) is 54.6 Å². The van der Waals surface area contributed by atoms with Crippen LogP contribution in [0.3, 0.4) is 0 Å². The van der Waals surface area contributed by atoms with E-state index in [0.29, 0.717) is 0 Å². The minimum Gasteiger partial charge on any atom is -0.494 e. The van der Waals surface area contributed by atoms with Gasteiger partial charge in [0.25, 0.3) is 0 Å². The molecule has 3 heteroatoms. The fourth-order valence-electron chi connectivity index (χ4n) is 3.69. The first-order chi connectivity index (χ1) is 16.3. The average molecular weight is 441 g/mol. The fourth-order valence-corrected chi connectivity index (χ4v) is 3.69. The summed E-state index contributed by atoms with van der Waals surface area (Å²) < 4.78 is 5.89. The van der Waals surface area contributed by atoms with Gasteiger partial charge in [-0.2, -0.15) is 0 Å². The summed E-state index contributed by atoms with van der Waals surface area (Å²) >= 11 is 0. The summed E-state index contributed by atoms with van der Waals surface area (Å²) in [6, 6.07) is 17.8. The van der Waals surface area contributed by atoms with Crippen molar-refractivity contribution in [3.63, 3.8) is 0 Å². The molecule has 3 nitrogen and oxygen atoms in total. The zero-order valence-electron chi connectivity index (χ0n) is 19.9. The number of aromatic nitrogens is 2. The van der Waals surface area contributed by atoms with E-state index >= 15 is 0 Å². The number of pyridine rings is 2. The molecular weight excluding hydrogens is 404 g/mol. The molecule has 0 radical (unpaired) electrons. The number of nitrogens with zero attached hydrogens (tertiary/aromatic N) is 2.